The van der Waals surface area contributed by atoms with Crippen LogP contribution >= 0.6 is 0 Å². The molecule has 2 unspecified atom stereocenters. The van der Waals surface area contributed by atoms with Gasteiger partial charge in [0.15, 0.2) is 0 Å². The molecule has 1 aromatic carbocycles. The van der Waals surface area contributed by atoms with E-state index in [0.29, 0.717) is 24.9 Å². The lowest BCUT2D eigenvalue weighted by atomic mass is 9.98. The van der Waals surface area contributed by atoms with Crippen molar-refractivity contribution in [1.82, 2.24) is 10.2 Å². The number of piperidine rings is 1. The zero-order valence-corrected chi connectivity index (χ0v) is 14.7. The number of fused-ring (bicyclic) bond motifs is 2. The Balaban J connectivity index is 1.23. The quantitative estimate of drug-likeness (QED) is 0.863. The molecule has 2 fully saturated rings. The molecule has 1 aromatic rings. The number of nitrogens with zero attached hydrogens (tertiary/aromatic N) is 1. The smallest absolute Gasteiger partial charge is 0.228 e. The Morgan fingerprint density at radius 1 is 1.24 bits per heavy atom. The average Bonchev–Trinajstić information content (AvgIpc) is 3.17. The summed E-state index contributed by atoms with van der Waals surface area (Å²) >= 11 is 0. The van der Waals surface area contributed by atoms with Crippen molar-refractivity contribution in [2.45, 2.75) is 63.5 Å². The normalized spacial score (nSPS) is 25.4. The van der Waals surface area contributed by atoms with E-state index in [1.165, 1.54) is 31.4 Å². The maximum Gasteiger partial charge on any atom is 0.228 e. The molecule has 2 atom stereocenters. The molecule has 134 valence electrons. The summed E-state index contributed by atoms with van der Waals surface area (Å²) < 4.78 is 0. The topological polar surface area (TPSA) is 61.4 Å². The summed E-state index contributed by atoms with van der Waals surface area (Å²) in [5.41, 5.74) is 3.22. The van der Waals surface area contributed by atoms with Gasteiger partial charge in [-0.2, -0.15) is 0 Å². The lowest BCUT2D eigenvalue weighted by molar-refractivity contribution is -0.122. The predicted octanol–water partition coefficient (Wildman–Crippen LogP) is 2.25. The third-order valence-electron chi connectivity index (χ3n) is 5.87. The van der Waals surface area contributed by atoms with Gasteiger partial charge in [-0.3, -0.25) is 14.5 Å². The molecular formula is C20H27N3O2. The molecule has 0 aliphatic carbocycles. The predicted molar refractivity (Wildman–Crippen MR) is 97.5 cm³/mol. The summed E-state index contributed by atoms with van der Waals surface area (Å²) in [4.78, 5) is 26.3. The highest BCUT2D eigenvalue weighted by Gasteiger charge is 2.35. The molecule has 3 aliphatic heterocycles. The van der Waals surface area contributed by atoms with Crippen LogP contribution in [0.1, 0.15) is 49.7 Å². The van der Waals surface area contributed by atoms with Crippen LogP contribution in [-0.4, -0.2) is 41.9 Å². The van der Waals surface area contributed by atoms with E-state index in [4.69, 9.17) is 0 Å². The van der Waals surface area contributed by atoms with Gasteiger partial charge in [-0.25, -0.2) is 0 Å². The highest BCUT2D eigenvalue weighted by Crippen LogP contribution is 2.27. The number of carbonyl (C=O) groups excluding carboxylic acids is 2. The fourth-order valence-electron chi connectivity index (χ4n) is 4.59. The van der Waals surface area contributed by atoms with Gasteiger partial charge in [0.25, 0.3) is 0 Å². The molecule has 2 amide bonds. The molecule has 0 radical (unpaired) electrons. The van der Waals surface area contributed by atoms with Gasteiger partial charge in [-0.1, -0.05) is 18.6 Å². The zero-order chi connectivity index (χ0) is 17.2. The monoisotopic (exact) mass is 341 g/mol. The van der Waals surface area contributed by atoms with E-state index in [-0.39, 0.29) is 11.8 Å². The summed E-state index contributed by atoms with van der Waals surface area (Å²) in [5.74, 6) is 0.260. The van der Waals surface area contributed by atoms with Crippen LogP contribution in [0.2, 0.25) is 0 Å². The van der Waals surface area contributed by atoms with Crippen LogP contribution in [0.5, 0.6) is 0 Å². The molecule has 25 heavy (non-hydrogen) atoms. The second-order valence-corrected chi connectivity index (χ2v) is 7.63. The van der Waals surface area contributed by atoms with Crippen molar-refractivity contribution in [1.29, 1.82) is 0 Å². The highest BCUT2D eigenvalue weighted by molar-refractivity contribution is 5.99. The first kappa shape index (κ1) is 16.6. The minimum Gasteiger partial charge on any atom is -0.352 e. The molecule has 5 nitrogen and oxygen atoms in total. The minimum atomic E-state index is 0.0693. The number of hydrogen-bond acceptors (Lipinski definition) is 3. The maximum atomic E-state index is 12.3. The van der Waals surface area contributed by atoms with Gasteiger partial charge in [0.1, 0.15) is 0 Å². The molecule has 2 N–H and O–H groups in total. The first-order valence-electron chi connectivity index (χ1n) is 9.64. The Bertz CT molecular complexity index is 673. The van der Waals surface area contributed by atoms with Crippen molar-refractivity contribution < 1.29 is 9.59 Å². The van der Waals surface area contributed by atoms with Crippen LogP contribution < -0.4 is 10.6 Å². The Kier molecular flexibility index (Phi) is 4.75. The molecule has 5 heteroatoms. The summed E-state index contributed by atoms with van der Waals surface area (Å²) in [6, 6.07) is 7.05. The standard InChI is InChI=1S/C20H27N3O2/c24-19(22-17-9-11-23-10-2-1-5-18(17)23)6-3-4-14-7-8-16-15(12-14)13-20(25)21-16/h7-8,12,17-18H,1-6,9-11,13H2,(H,21,25)(H,22,24). The van der Waals surface area contributed by atoms with Crippen molar-refractivity contribution in [3.8, 4) is 0 Å². The fourth-order valence-corrected chi connectivity index (χ4v) is 4.59. The van der Waals surface area contributed by atoms with Gasteiger partial charge in [-0.05, 0) is 55.8 Å². The molecule has 3 heterocycles. The summed E-state index contributed by atoms with van der Waals surface area (Å²) in [6.45, 7) is 2.34. The number of aryl methyl sites for hydroxylation is 1. The largest absolute Gasteiger partial charge is 0.352 e. The van der Waals surface area contributed by atoms with Crippen molar-refractivity contribution in [3.05, 3.63) is 29.3 Å². The Morgan fingerprint density at radius 3 is 3.08 bits per heavy atom. The van der Waals surface area contributed by atoms with Gasteiger partial charge in [-0.15, -0.1) is 0 Å². The molecule has 0 saturated carbocycles. The number of amides is 2. The molecule has 0 bridgehead atoms. The van der Waals surface area contributed by atoms with Gasteiger partial charge in [0, 0.05) is 30.7 Å². The Morgan fingerprint density at radius 2 is 2.16 bits per heavy atom. The molecule has 0 aromatic heterocycles. The average molecular weight is 341 g/mol. The first-order chi connectivity index (χ1) is 12.2. The SMILES string of the molecule is O=C1Cc2cc(CCCC(=O)NC3CCN4CCCCC34)ccc2N1. The molecular weight excluding hydrogens is 314 g/mol. The zero-order valence-electron chi connectivity index (χ0n) is 14.7. The van der Waals surface area contributed by atoms with Gasteiger partial charge in [0.2, 0.25) is 11.8 Å². The van der Waals surface area contributed by atoms with E-state index in [1.807, 2.05) is 6.07 Å². The lowest BCUT2D eigenvalue weighted by Crippen LogP contribution is -2.46. The second-order valence-electron chi connectivity index (χ2n) is 7.63. The fraction of sp³-hybridized carbons (Fsp3) is 0.600. The van der Waals surface area contributed by atoms with Gasteiger partial charge >= 0.3 is 0 Å². The van der Waals surface area contributed by atoms with Crippen molar-refractivity contribution in [2.75, 3.05) is 18.4 Å². The Hall–Kier alpha value is -1.88. The minimum absolute atomic E-state index is 0.0693. The summed E-state index contributed by atoms with van der Waals surface area (Å²) in [6.07, 6.45) is 7.72. The van der Waals surface area contributed by atoms with Crippen molar-refractivity contribution in [3.63, 3.8) is 0 Å². The lowest BCUT2D eigenvalue weighted by Gasteiger charge is -2.32. The number of rotatable bonds is 5. The van der Waals surface area contributed by atoms with Crippen molar-refractivity contribution >= 4 is 17.5 Å². The molecule has 2 saturated heterocycles. The van der Waals surface area contributed by atoms with Crippen LogP contribution in [0.4, 0.5) is 5.69 Å². The van der Waals surface area contributed by atoms with Gasteiger partial charge in [0.05, 0.1) is 6.42 Å². The summed E-state index contributed by atoms with van der Waals surface area (Å²) in [7, 11) is 0. The van der Waals surface area contributed by atoms with Crippen LogP contribution in [-0.2, 0) is 22.4 Å². The van der Waals surface area contributed by atoms with E-state index in [2.05, 4.69) is 27.7 Å². The number of carbonyl (C=O) groups is 2. The van der Waals surface area contributed by atoms with E-state index < -0.39 is 0 Å². The third-order valence-corrected chi connectivity index (χ3v) is 5.87. The molecule has 0 spiro atoms. The van der Waals surface area contributed by atoms with Crippen LogP contribution in [0.15, 0.2) is 18.2 Å². The number of nitrogens with one attached hydrogen (secondary N) is 2. The Labute approximate surface area is 149 Å². The van der Waals surface area contributed by atoms with E-state index in [9.17, 15) is 9.59 Å². The van der Waals surface area contributed by atoms with Crippen LogP contribution in [0, 0.1) is 0 Å². The third kappa shape index (κ3) is 3.71. The second kappa shape index (κ2) is 7.16. The van der Waals surface area contributed by atoms with Crippen LogP contribution in [0.3, 0.4) is 0 Å². The van der Waals surface area contributed by atoms with Crippen LogP contribution in [0.25, 0.3) is 0 Å². The maximum absolute atomic E-state index is 12.3. The van der Waals surface area contributed by atoms with E-state index in [1.54, 1.807) is 0 Å². The number of hydrogen-bond donors (Lipinski definition) is 2. The summed E-state index contributed by atoms with van der Waals surface area (Å²) in [5, 5.41) is 6.13. The number of anilines is 1. The molecule has 3 aliphatic rings. The van der Waals surface area contributed by atoms with E-state index >= 15 is 0 Å². The molecule has 4 rings (SSSR count). The first-order valence-corrected chi connectivity index (χ1v) is 9.64. The van der Waals surface area contributed by atoms with Crippen molar-refractivity contribution in [2.24, 2.45) is 0 Å². The van der Waals surface area contributed by atoms with E-state index in [0.717, 1.165) is 37.1 Å². The van der Waals surface area contributed by atoms with Gasteiger partial charge < -0.3 is 10.6 Å². The number of benzene rings is 1. The highest BCUT2D eigenvalue weighted by atomic mass is 16.2.